The van der Waals surface area contributed by atoms with Gasteiger partial charge in [-0.05, 0) is 41.7 Å². The number of hydrogen-bond acceptors (Lipinski definition) is 5. The van der Waals surface area contributed by atoms with E-state index in [1.807, 2.05) is 30.5 Å². The fourth-order valence-electron chi connectivity index (χ4n) is 2.80. The largest absolute Gasteiger partial charge is 0.372 e. The van der Waals surface area contributed by atoms with E-state index in [0.717, 1.165) is 28.7 Å². The minimum absolute atomic E-state index is 0.141. The molecule has 1 aliphatic heterocycles. The molecular weight excluding hydrogens is 314 g/mol. The summed E-state index contributed by atoms with van der Waals surface area (Å²) in [4.78, 5) is 4.14. The van der Waals surface area contributed by atoms with Crippen molar-refractivity contribution in [1.29, 1.82) is 0 Å². The summed E-state index contributed by atoms with van der Waals surface area (Å²) >= 11 is 0. The Morgan fingerprint density at radius 3 is 2.91 bits per heavy atom. The Labute approximate surface area is 136 Å². The highest BCUT2D eigenvalue weighted by atomic mass is 32.2. The lowest BCUT2D eigenvalue weighted by molar-refractivity contribution is 0.0561. The zero-order valence-electron chi connectivity index (χ0n) is 12.9. The van der Waals surface area contributed by atoms with E-state index in [0.29, 0.717) is 6.61 Å². The van der Waals surface area contributed by atoms with Crippen molar-refractivity contribution in [3.05, 3.63) is 53.9 Å². The first-order valence-electron chi connectivity index (χ1n) is 7.61. The topological polar surface area (TPSA) is 65.5 Å². The average molecular weight is 333 g/mol. The number of ether oxygens (including phenoxy) is 1. The van der Waals surface area contributed by atoms with Crippen molar-refractivity contribution in [1.82, 2.24) is 4.98 Å². The summed E-state index contributed by atoms with van der Waals surface area (Å²) in [5.41, 5.74) is 4.16. The summed E-state index contributed by atoms with van der Waals surface area (Å²) in [5.74, 6) is -0.153. The van der Waals surface area contributed by atoms with Gasteiger partial charge in [-0.2, -0.15) is 8.42 Å². The zero-order chi connectivity index (χ0) is 16.3. The maximum atomic E-state index is 11.9. The second kappa shape index (κ2) is 6.78. The lowest BCUT2D eigenvalue weighted by Gasteiger charge is -2.26. The molecular formula is C17H19NO4S. The van der Waals surface area contributed by atoms with Crippen LogP contribution in [0.3, 0.4) is 0 Å². The Hall–Kier alpha value is -1.76. The molecule has 1 aromatic heterocycles. The van der Waals surface area contributed by atoms with Crippen LogP contribution in [0.2, 0.25) is 0 Å². The summed E-state index contributed by atoms with van der Waals surface area (Å²) in [5, 5.41) is 0. The van der Waals surface area contributed by atoms with Crippen LogP contribution in [0.15, 0.2) is 42.7 Å². The quantitative estimate of drug-likeness (QED) is 0.787. The predicted octanol–water partition coefficient (Wildman–Crippen LogP) is 2.73. The molecule has 5 nitrogen and oxygen atoms in total. The summed E-state index contributed by atoms with van der Waals surface area (Å²) in [6.07, 6.45) is 3.86. The van der Waals surface area contributed by atoms with Crippen LogP contribution >= 0.6 is 0 Å². The highest BCUT2D eigenvalue weighted by molar-refractivity contribution is 7.86. The number of benzene rings is 1. The Morgan fingerprint density at radius 2 is 2.17 bits per heavy atom. The molecule has 0 unspecified atom stereocenters. The molecule has 23 heavy (non-hydrogen) atoms. The van der Waals surface area contributed by atoms with E-state index >= 15 is 0 Å². The standard InChI is InChI=1S/C17H19NO4S/c1-2-22-23(19,20)12-17-16-6-5-13(10-14(16)7-9-21-17)15-4-3-8-18-11-15/h3-6,8,10-11,17H,2,7,9,12H2,1H3/t17-/m1/s1. The van der Waals surface area contributed by atoms with E-state index in [4.69, 9.17) is 8.92 Å². The second-order valence-electron chi connectivity index (χ2n) is 5.40. The van der Waals surface area contributed by atoms with Gasteiger partial charge in [-0.15, -0.1) is 0 Å². The molecule has 0 amide bonds. The normalized spacial score (nSPS) is 17.7. The molecule has 1 aliphatic rings. The molecule has 0 bridgehead atoms. The Balaban J connectivity index is 1.89. The van der Waals surface area contributed by atoms with Gasteiger partial charge in [0.2, 0.25) is 0 Å². The van der Waals surface area contributed by atoms with Crippen LogP contribution in [0.4, 0.5) is 0 Å². The van der Waals surface area contributed by atoms with Crippen molar-refractivity contribution in [3.63, 3.8) is 0 Å². The van der Waals surface area contributed by atoms with Crippen molar-refractivity contribution in [3.8, 4) is 11.1 Å². The number of nitrogens with zero attached hydrogens (tertiary/aromatic N) is 1. The molecule has 3 rings (SSSR count). The highest BCUT2D eigenvalue weighted by Crippen LogP contribution is 2.32. The van der Waals surface area contributed by atoms with Gasteiger partial charge in [0, 0.05) is 12.4 Å². The monoisotopic (exact) mass is 333 g/mol. The van der Waals surface area contributed by atoms with E-state index in [1.54, 1.807) is 13.1 Å². The molecule has 6 heteroatoms. The molecule has 0 aliphatic carbocycles. The minimum atomic E-state index is -3.57. The summed E-state index contributed by atoms with van der Waals surface area (Å²) in [6.45, 7) is 2.31. The van der Waals surface area contributed by atoms with Gasteiger partial charge in [0.15, 0.2) is 0 Å². The number of aromatic nitrogens is 1. The van der Waals surface area contributed by atoms with Crippen molar-refractivity contribution >= 4 is 10.1 Å². The van der Waals surface area contributed by atoms with Crippen LogP contribution in [0.25, 0.3) is 11.1 Å². The molecule has 0 saturated carbocycles. The lowest BCUT2D eigenvalue weighted by Crippen LogP contribution is -2.24. The third-order valence-electron chi connectivity index (χ3n) is 3.83. The first-order valence-corrected chi connectivity index (χ1v) is 9.19. The van der Waals surface area contributed by atoms with Gasteiger partial charge in [-0.1, -0.05) is 24.3 Å². The molecule has 2 aromatic rings. The van der Waals surface area contributed by atoms with Crippen LogP contribution in [0.5, 0.6) is 0 Å². The Kier molecular flexibility index (Phi) is 4.75. The molecule has 122 valence electrons. The summed E-state index contributed by atoms with van der Waals surface area (Å²) in [6, 6.07) is 9.92. The van der Waals surface area contributed by atoms with Crippen molar-refractivity contribution < 1.29 is 17.3 Å². The maximum Gasteiger partial charge on any atom is 0.270 e. The lowest BCUT2D eigenvalue weighted by atomic mass is 9.94. The molecule has 0 fully saturated rings. The summed E-state index contributed by atoms with van der Waals surface area (Å²) in [7, 11) is -3.57. The average Bonchev–Trinajstić information content (AvgIpc) is 2.55. The SMILES string of the molecule is CCOS(=O)(=O)C[C@H]1OCCc2cc(-c3cccnc3)ccc21. The van der Waals surface area contributed by atoms with Crippen molar-refractivity contribution in [2.45, 2.75) is 19.4 Å². The van der Waals surface area contributed by atoms with Crippen molar-refractivity contribution in [2.75, 3.05) is 19.0 Å². The molecule has 0 saturated heterocycles. The molecule has 1 aromatic carbocycles. The third-order valence-corrected chi connectivity index (χ3v) is 5.13. The van der Waals surface area contributed by atoms with Gasteiger partial charge in [0.1, 0.15) is 5.75 Å². The van der Waals surface area contributed by atoms with Gasteiger partial charge in [0.25, 0.3) is 10.1 Å². The van der Waals surface area contributed by atoms with Crippen molar-refractivity contribution in [2.24, 2.45) is 0 Å². The highest BCUT2D eigenvalue weighted by Gasteiger charge is 2.27. The molecule has 0 radical (unpaired) electrons. The first-order chi connectivity index (χ1) is 11.1. The van der Waals surface area contributed by atoms with E-state index in [1.165, 1.54) is 0 Å². The number of fused-ring (bicyclic) bond motifs is 1. The molecule has 1 atom stereocenters. The fraction of sp³-hybridized carbons (Fsp3) is 0.353. The van der Waals surface area contributed by atoms with Crippen LogP contribution < -0.4 is 0 Å². The maximum absolute atomic E-state index is 11.9. The van der Waals surface area contributed by atoms with Gasteiger partial charge in [-0.3, -0.25) is 9.17 Å². The van der Waals surface area contributed by atoms with E-state index < -0.39 is 16.2 Å². The van der Waals surface area contributed by atoms with Crippen LogP contribution in [0.1, 0.15) is 24.2 Å². The number of pyridine rings is 1. The van der Waals surface area contributed by atoms with Crippen LogP contribution in [-0.4, -0.2) is 32.4 Å². The predicted molar refractivity (Wildman–Crippen MR) is 87.5 cm³/mol. The summed E-state index contributed by atoms with van der Waals surface area (Å²) < 4.78 is 34.3. The smallest absolute Gasteiger partial charge is 0.270 e. The third kappa shape index (κ3) is 3.77. The molecule has 0 spiro atoms. The minimum Gasteiger partial charge on any atom is -0.372 e. The van der Waals surface area contributed by atoms with E-state index in [-0.39, 0.29) is 12.4 Å². The number of hydrogen-bond donors (Lipinski definition) is 0. The molecule has 2 heterocycles. The molecule has 0 N–H and O–H groups in total. The van der Waals surface area contributed by atoms with Gasteiger partial charge in [0.05, 0.1) is 19.3 Å². The van der Waals surface area contributed by atoms with Gasteiger partial charge < -0.3 is 4.74 Å². The van der Waals surface area contributed by atoms with E-state index in [9.17, 15) is 8.42 Å². The zero-order valence-corrected chi connectivity index (χ0v) is 13.8. The van der Waals surface area contributed by atoms with Gasteiger partial charge in [-0.25, -0.2) is 0 Å². The van der Waals surface area contributed by atoms with Crippen LogP contribution in [0, 0.1) is 0 Å². The first kappa shape index (κ1) is 16.1. The Morgan fingerprint density at radius 1 is 1.30 bits per heavy atom. The van der Waals surface area contributed by atoms with Gasteiger partial charge >= 0.3 is 0 Å². The Bertz CT molecular complexity index is 774. The van der Waals surface area contributed by atoms with Crippen LogP contribution in [-0.2, 0) is 25.5 Å². The number of rotatable bonds is 5. The fourth-order valence-corrected chi connectivity index (χ4v) is 3.90. The second-order valence-corrected chi connectivity index (χ2v) is 7.08. The van der Waals surface area contributed by atoms with E-state index in [2.05, 4.69) is 11.1 Å².